The topological polar surface area (TPSA) is 33.1 Å². The van der Waals surface area contributed by atoms with Crippen LogP contribution in [-0.2, 0) is 6.54 Å². The molecule has 2 unspecified atom stereocenters. The van der Waals surface area contributed by atoms with Crippen molar-refractivity contribution in [1.82, 2.24) is 20.0 Å². The molecule has 0 saturated carbocycles. The van der Waals surface area contributed by atoms with E-state index in [9.17, 15) is 0 Å². The Balaban J connectivity index is 1.61. The molecule has 4 nitrogen and oxygen atoms in total. The van der Waals surface area contributed by atoms with Crippen LogP contribution in [0.1, 0.15) is 37.7 Å². The fourth-order valence-electron chi connectivity index (χ4n) is 3.89. The summed E-state index contributed by atoms with van der Waals surface area (Å²) in [6.45, 7) is 4.30. The van der Waals surface area contributed by atoms with E-state index in [1.807, 2.05) is 6.20 Å². The average Bonchev–Trinajstić information content (AvgIpc) is 2.81. The predicted octanol–water partition coefficient (Wildman–Crippen LogP) is 1.80. The second-order valence-corrected chi connectivity index (χ2v) is 6.21. The van der Waals surface area contributed by atoms with Crippen molar-refractivity contribution in [3.05, 3.63) is 18.0 Å². The van der Waals surface area contributed by atoms with E-state index >= 15 is 0 Å². The van der Waals surface area contributed by atoms with Crippen LogP contribution in [0.4, 0.5) is 0 Å². The molecule has 2 atom stereocenters. The summed E-state index contributed by atoms with van der Waals surface area (Å²) in [7, 11) is 2.11. The third kappa shape index (κ3) is 2.84. The first-order valence-electron chi connectivity index (χ1n) is 7.68. The first-order chi connectivity index (χ1) is 9.26. The lowest BCUT2D eigenvalue weighted by atomic mass is 9.82. The van der Waals surface area contributed by atoms with E-state index in [0.717, 1.165) is 31.2 Å². The Morgan fingerprint density at radius 2 is 2.00 bits per heavy atom. The molecule has 106 valence electrons. The van der Waals surface area contributed by atoms with Gasteiger partial charge in [-0.05, 0) is 45.2 Å². The second kappa shape index (κ2) is 5.63. The number of hydrogen-bond donors (Lipinski definition) is 1. The van der Waals surface area contributed by atoms with Crippen LogP contribution in [-0.4, -0.2) is 46.4 Å². The fourth-order valence-corrected chi connectivity index (χ4v) is 3.89. The van der Waals surface area contributed by atoms with Crippen LogP contribution in [0.5, 0.6) is 0 Å². The summed E-state index contributed by atoms with van der Waals surface area (Å²) >= 11 is 0. The summed E-state index contributed by atoms with van der Waals surface area (Å²) in [4.78, 5) is 2.76. The molecule has 3 rings (SSSR count). The van der Waals surface area contributed by atoms with Crippen molar-refractivity contribution < 1.29 is 0 Å². The van der Waals surface area contributed by atoms with E-state index in [0.29, 0.717) is 0 Å². The van der Waals surface area contributed by atoms with E-state index in [4.69, 9.17) is 0 Å². The van der Waals surface area contributed by atoms with Crippen molar-refractivity contribution in [3.8, 4) is 0 Å². The van der Waals surface area contributed by atoms with Crippen molar-refractivity contribution in [2.24, 2.45) is 0 Å². The Labute approximate surface area is 116 Å². The SMILES string of the molecule is CNC1CC2CCCC(C1)N2CCn1cc(C)cn1. The van der Waals surface area contributed by atoms with Crippen LogP contribution in [0.2, 0.25) is 0 Å². The molecule has 1 N–H and O–H groups in total. The minimum Gasteiger partial charge on any atom is -0.317 e. The Morgan fingerprint density at radius 3 is 2.58 bits per heavy atom. The second-order valence-electron chi connectivity index (χ2n) is 6.21. The monoisotopic (exact) mass is 262 g/mol. The van der Waals surface area contributed by atoms with Crippen LogP contribution in [0.15, 0.2) is 12.4 Å². The van der Waals surface area contributed by atoms with Gasteiger partial charge in [-0.3, -0.25) is 9.58 Å². The van der Waals surface area contributed by atoms with Crippen LogP contribution in [0.3, 0.4) is 0 Å². The van der Waals surface area contributed by atoms with Crippen LogP contribution < -0.4 is 5.32 Å². The average molecular weight is 262 g/mol. The summed E-state index contributed by atoms with van der Waals surface area (Å²) in [5.74, 6) is 0. The number of rotatable bonds is 4. The largest absolute Gasteiger partial charge is 0.317 e. The van der Waals surface area contributed by atoms with Gasteiger partial charge < -0.3 is 5.32 Å². The van der Waals surface area contributed by atoms with Gasteiger partial charge in [0, 0.05) is 30.9 Å². The minimum atomic E-state index is 0.735. The van der Waals surface area contributed by atoms with E-state index in [1.54, 1.807) is 0 Å². The van der Waals surface area contributed by atoms with E-state index in [-0.39, 0.29) is 0 Å². The maximum atomic E-state index is 4.40. The number of hydrogen-bond acceptors (Lipinski definition) is 3. The molecule has 0 amide bonds. The summed E-state index contributed by atoms with van der Waals surface area (Å²) in [6.07, 6.45) is 10.9. The van der Waals surface area contributed by atoms with E-state index < -0.39 is 0 Å². The number of fused-ring (bicyclic) bond motifs is 2. The van der Waals surface area contributed by atoms with Crippen molar-refractivity contribution >= 4 is 0 Å². The number of nitrogens with zero attached hydrogens (tertiary/aromatic N) is 3. The van der Waals surface area contributed by atoms with Gasteiger partial charge in [-0.1, -0.05) is 6.42 Å². The van der Waals surface area contributed by atoms with Crippen molar-refractivity contribution in [2.75, 3.05) is 13.6 Å². The van der Waals surface area contributed by atoms with Crippen LogP contribution in [0, 0.1) is 6.92 Å². The molecule has 2 fully saturated rings. The minimum absolute atomic E-state index is 0.735. The number of aryl methyl sites for hydroxylation is 1. The molecule has 2 bridgehead atoms. The third-order valence-electron chi connectivity index (χ3n) is 4.88. The number of nitrogens with one attached hydrogen (secondary N) is 1. The lowest BCUT2D eigenvalue weighted by molar-refractivity contribution is 0.0226. The molecule has 19 heavy (non-hydrogen) atoms. The van der Waals surface area contributed by atoms with Crippen molar-refractivity contribution in [2.45, 2.75) is 63.7 Å². The van der Waals surface area contributed by atoms with Crippen molar-refractivity contribution in [1.29, 1.82) is 0 Å². The summed E-state index contributed by atoms with van der Waals surface area (Å²) < 4.78 is 2.09. The van der Waals surface area contributed by atoms with Gasteiger partial charge in [-0.2, -0.15) is 5.10 Å². The summed E-state index contributed by atoms with van der Waals surface area (Å²) in [5.41, 5.74) is 1.26. The summed E-state index contributed by atoms with van der Waals surface area (Å²) in [5, 5.41) is 7.89. The molecule has 0 aliphatic carbocycles. The Hall–Kier alpha value is -0.870. The normalized spacial score (nSPS) is 31.6. The zero-order valence-corrected chi connectivity index (χ0v) is 12.2. The standard InChI is InChI=1S/C15H26N4/c1-12-10-17-18(11-12)6-7-19-14-4-3-5-15(19)9-13(8-14)16-2/h10-11,13-16H,3-9H2,1-2H3. The zero-order valence-electron chi connectivity index (χ0n) is 12.2. The Kier molecular flexibility index (Phi) is 3.89. The summed E-state index contributed by atoms with van der Waals surface area (Å²) in [6, 6.07) is 2.32. The lowest BCUT2D eigenvalue weighted by Crippen LogP contribution is -2.56. The van der Waals surface area contributed by atoms with Gasteiger partial charge in [0.1, 0.15) is 0 Å². The van der Waals surface area contributed by atoms with Gasteiger partial charge in [-0.25, -0.2) is 0 Å². The predicted molar refractivity (Wildman–Crippen MR) is 77.2 cm³/mol. The van der Waals surface area contributed by atoms with Gasteiger partial charge in [0.15, 0.2) is 0 Å². The van der Waals surface area contributed by atoms with Gasteiger partial charge in [0.25, 0.3) is 0 Å². The molecule has 0 spiro atoms. The molecule has 1 aromatic heterocycles. The molecule has 0 aromatic carbocycles. The molecule has 2 aliphatic heterocycles. The number of aromatic nitrogens is 2. The molecule has 1 aromatic rings. The highest BCUT2D eigenvalue weighted by atomic mass is 15.3. The van der Waals surface area contributed by atoms with Gasteiger partial charge in [-0.15, -0.1) is 0 Å². The maximum Gasteiger partial charge on any atom is 0.0536 e. The molecular formula is C15H26N4. The van der Waals surface area contributed by atoms with Crippen LogP contribution in [0.25, 0.3) is 0 Å². The maximum absolute atomic E-state index is 4.40. The highest BCUT2D eigenvalue weighted by Crippen LogP contribution is 2.33. The smallest absolute Gasteiger partial charge is 0.0536 e. The molecule has 2 aliphatic rings. The van der Waals surface area contributed by atoms with Gasteiger partial charge >= 0.3 is 0 Å². The first-order valence-corrected chi connectivity index (χ1v) is 7.68. The number of piperidine rings is 2. The lowest BCUT2D eigenvalue weighted by Gasteiger charge is -2.49. The van der Waals surface area contributed by atoms with Crippen molar-refractivity contribution in [3.63, 3.8) is 0 Å². The molecule has 2 saturated heterocycles. The van der Waals surface area contributed by atoms with E-state index in [2.05, 4.69) is 40.2 Å². The quantitative estimate of drug-likeness (QED) is 0.898. The first kappa shape index (κ1) is 13.1. The third-order valence-corrected chi connectivity index (χ3v) is 4.88. The zero-order chi connectivity index (χ0) is 13.2. The Morgan fingerprint density at radius 1 is 1.26 bits per heavy atom. The van der Waals surface area contributed by atoms with Crippen LogP contribution >= 0.6 is 0 Å². The highest BCUT2D eigenvalue weighted by molar-refractivity contribution is 5.00. The highest BCUT2D eigenvalue weighted by Gasteiger charge is 2.37. The Bertz CT molecular complexity index is 400. The molecule has 4 heteroatoms. The molecule has 3 heterocycles. The van der Waals surface area contributed by atoms with E-state index in [1.165, 1.54) is 37.7 Å². The van der Waals surface area contributed by atoms with Gasteiger partial charge in [0.2, 0.25) is 0 Å². The fraction of sp³-hybridized carbons (Fsp3) is 0.800. The van der Waals surface area contributed by atoms with Gasteiger partial charge in [0.05, 0.1) is 12.7 Å². The molecular weight excluding hydrogens is 236 g/mol. The molecule has 0 radical (unpaired) electrons.